The second-order valence-corrected chi connectivity index (χ2v) is 4.45. The van der Waals surface area contributed by atoms with Gasteiger partial charge in [0.15, 0.2) is 0 Å². The highest BCUT2D eigenvalue weighted by Crippen LogP contribution is 2.12. The number of carbonyl (C=O) groups excluding carboxylic acids is 1. The molecule has 17 heavy (non-hydrogen) atoms. The lowest BCUT2D eigenvalue weighted by atomic mass is 10.2. The van der Waals surface area contributed by atoms with Gasteiger partial charge in [-0.1, -0.05) is 0 Å². The fourth-order valence-corrected chi connectivity index (χ4v) is 1.16. The normalized spacial score (nSPS) is 11.7. The van der Waals surface area contributed by atoms with E-state index in [-0.39, 0.29) is 0 Å². The molecule has 0 bridgehead atoms. The lowest BCUT2D eigenvalue weighted by molar-refractivity contribution is -0.131. The summed E-state index contributed by atoms with van der Waals surface area (Å²) >= 11 is 0. The summed E-state index contributed by atoms with van der Waals surface area (Å²) in [7, 11) is 0. The van der Waals surface area contributed by atoms with E-state index in [4.69, 9.17) is 9.84 Å². The molecular weight excluding hydrogens is 222 g/mol. The van der Waals surface area contributed by atoms with Crippen LogP contribution in [-0.2, 0) is 9.53 Å². The van der Waals surface area contributed by atoms with Gasteiger partial charge >= 0.3 is 12.1 Å². The van der Waals surface area contributed by atoms with E-state index in [1.165, 1.54) is 16.8 Å². The van der Waals surface area contributed by atoms with Crippen molar-refractivity contribution >= 4 is 18.1 Å². The largest absolute Gasteiger partial charge is 0.478 e. The lowest BCUT2D eigenvalue weighted by Crippen LogP contribution is -2.27. The minimum atomic E-state index is -1.07. The fourth-order valence-electron chi connectivity index (χ4n) is 1.16. The Labute approximate surface area is 99.3 Å². The van der Waals surface area contributed by atoms with Crippen molar-refractivity contribution in [3.8, 4) is 0 Å². The first-order chi connectivity index (χ1) is 7.79. The molecule has 1 N–H and O–H groups in total. The molecule has 1 rings (SSSR count). The van der Waals surface area contributed by atoms with Gasteiger partial charge in [-0.15, -0.1) is 0 Å². The highest BCUT2D eigenvalue weighted by Gasteiger charge is 2.18. The number of carboxylic acid groups (broad SMARTS) is 1. The SMILES string of the molecule is CC(C)(C)OC(=O)n1cccc1/C=C/C(=O)O. The van der Waals surface area contributed by atoms with Crippen molar-refractivity contribution < 1.29 is 19.4 Å². The third kappa shape index (κ3) is 4.14. The number of carbonyl (C=O) groups is 2. The molecule has 0 atom stereocenters. The third-order valence-corrected chi connectivity index (χ3v) is 1.77. The number of hydrogen-bond acceptors (Lipinski definition) is 3. The van der Waals surface area contributed by atoms with Crippen LogP contribution >= 0.6 is 0 Å². The Morgan fingerprint density at radius 2 is 2.06 bits per heavy atom. The molecule has 0 fully saturated rings. The lowest BCUT2D eigenvalue weighted by Gasteiger charge is -2.20. The predicted octanol–water partition coefficient (Wildman–Crippen LogP) is 2.37. The molecule has 0 aliphatic carbocycles. The minimum Gasteiger partial charge on any atom is -0.478 e. The molecule has 0 aromatic carbocycles. The second kappa shape index (κ2) is 4.86. The second-order valence-electron chi connectivity index (χ2n) is 4.45. The summed E-state index contributed by atoms with van der Waals surface area (Å²) in [4.78, 5) is 22.1. The van der Waals surface area contributed by atoms with Crippen LogP contribution in [0.2, 0.25) is 0 Å². The van der Waals surface area contributed by atoms with Gasteiger partial charge in [-0.2, -0.15) is 0 Å². The topological polar surface area (TPSA) is 68.5 Å². The molecule has 0 aliphatic rings. The number of aliphatic carboxylic acids is 1. The van der Waals surface area contributed by atoms with Crippen molar-refractivity contribution in [3.63, 3.8) is 0 Å². The Morgan fingerprint density at radius 1 is 1.41 bits per heavy atom. The summed E-state index contributed by atoms with van der Waals surface area (Å²) in [6.07, 6.45) is 3.30. The maximum Gasteiger partial charge on any atom is 0.418 e. The average molecular weight is 237 g/mol. The summed E-state index contributed by atoms with van der Waals surface area (Å²) in [5.41, 5.74) is -0.128. The molecule has 1 heterocycles. The summed E-state index contributed by atoms with van der Waals surface area (Å²) in [6, 6.07) is 3.27. The molecule has 0 spiro atoms. The molecule has 92 valence electrons. The Bertz CT molecular complexity index is 451. The molecule has 0 unspecified atom stereocenters. The summed E-state index contributed by atoms with van der Waals surface area (Å²) in [5.74, 6) is -1.07. The highest BCUT2D eigenvalue weighted by atomic mass is 16.6. The first kappa shape index (κ1) is 13.0. The maximum atomic E-state index is 11.7. The van der Waals surface area contributed by atoms with Crippen LogP contribution in [0.3, 0.4) is 0 Å². The van der Waals surface area contributed by atoms with Gasteiger partial charge in [0.1, 0.15) is 5.60 Å². The van der Waals surface area contributed by atoms with Gasteiger partial charge in [0, 0.05) is 12.3 Å². The van der Waals surface area contributed by atoms with Crippen LogP contribution in [0.15, 0.2) is 24.4 Å². The van der Waals surface area contributed by atoms with Crippen LogP contribution in [0.25, 0.3) is 6.08 Å². The summed E-state index contributed by atoms with van der Waals surface area (Å²) < 4.78 is 6.43. The van der Waals surface area contributed by atoms with E-state index >= 15 is 0 Å². The molecule has 1 aromatic rings. The standard InChI is InChI=1S/C12H15NO4/c1-12(2,3)17-11(16)13-8-4-5-9(13)6-7-10(14)15/h4-8H,1-3H3,(H,14,15)/b7-6+. The third-order valence-electron chi connectivity index (χ3n) is 1.77. The first-order valence-electron chi connectivity index (χ1n) is 5.11. The van der Waals surface area contributed by atoms with Gasteiger partial charge in [-0.25, -0.2) is 9.59 Å². The van der Waals surface area contributed by atoms with Gasteiger partial charge in [-0.05, 0) is 39.0 Å². The van der Waals surface area contributed by atoms with Crippen molar-refractivity contribution in [2.24, 2.45) is 0 Å². The first-order valence-corrected chi connectivity index (χ1v) is 5.11. The number of ether oxygens (including phenoxy) is 1. The summed E-state index contributed by atoms with van der Waals surface area (Å²) in [5, 5.41) is 8.52. The monoisotopic (exact) mass is 237 g/mol. The molecule has 1 aromatic heterocycles. The van der Waals surface area contributed by atoms with Gasteiger partial charge < -0.3 is 9.84 Å². The van der Waals surface area contributed by atoms with Crippen molar-refractivity contribution in [1.82, 2.24) is 4.57 Å². The number of aromatic nitrogens is 1. The van der Waals surface area contributed by atoms with E-state index in [1.807, 2.05) is 0 Å². The van der Waals surface area contributed by atoms with Gasteiger partial charge in [0.05, 0.1) is 5.69 Å². The van der Waals surface area contributed by atoms with Crippen molar-refractivity contribution in [2.75, 3.05) is 0 Å². The number of carboxylic acids is 1. The van der Waals surface area contributed by atoms with E-state index < -0.39 is 17.7 Å². The van der Waals surface area contributed by atoms with E-state index in [9.17, 15) is 9.59 Å². The molecule has 0 aliphatic heterocycles. The summed E-state index contributed by atoms with van der Waals surface area (Å²) in [6.45, 7) is 5.30. The number of nitrogens with zero attached hydrogens (tertiary/aromatic N) is 1. The van der Waals surface area contributed by atoms with E-state index in [2.05, 4.69) is 0 Å². The quantitative estimate of drug-likeness (QED) is 0.802. The Hall–Kier alpha value is -2.04. The molecule has 5 heteroatoms. The van der Waals surface area contributed by atoms with Crippen LogP contribution in [0.1, 0.15) is 26.5 Å². The van der Waals surface area contributed by atoms with Gasteiger partial charge in [-0.3, -0.25) is 4.57 Å². The van der Waals surface area contributed by atoms with Crippen LogP contribution in [-0.4, -0.2) is 27.3 Å². The van der Waals surface area contributed by atoms with Crippen molar-refractivity contribution in [2.45, 2.75) is 26.4 Å². The Kier molecular flexibility index (Phi) is 3.73. The van der Waals surface area contributed by atoms with Crippen molar-refractivity contribution in [1.29, 1.82) is 0 Å². The molecule has 0 amide bonds. The van der Waals surface area contributed by atoms with Crippen LogP contribution in [0.5, 0.6) is 0 Å². The van der Waals surface area contributed by atoms with Crippen LogP contribution in [0.4, 0.5) is 4.79 Å². The molecule has 0 radical (unpaired) electrons. The average Bonchev–Trinajstić information content (AvgIpc) is 2.59. The predicted molar refractivity (Wildman–Crippen MR) is 62.7 cm³/mol. The van der Waals surface area contributed by atoms with Crippen LogP contribution < -0.4 is 0 Å². The molecule has 5 nitrogen and oxygen atoms in total. The van der Waals surface area contributed by atoms with Crippen LogP contribution in [0, 0.1) is 0 Å². The van der Waals surface area contributed by atoms with E-state index in [0.717, 1.165) is 6.08 Å². The Balaban J connectivity index is 2.89. The number of rotatable bonds is 2. The van der Waals surface area contributed by atoms with Gasteiger partial charge in [0.25, 0.3) is 0 Å². The molecule has 0 saturated heterocycles. The van der Waals surface area contributed by atoms with Gasteiger partial charge in [0.2, 0.25) is 0 Å². The molecular formula is C12H15NO4. The zero-order valence-electron chi connectivity index (χ0n) is 10.0. The zero-order valence-corrected chi connectivity index (χ0v) is 10.0. The van der Waals surface area contributed by atoms with Crippen molar-refractivity contribution in [3.05, 3.63) is 30.1 Å². The zero-order chi connectivity index (χ0) is 13.1. The van der Waals surface area contributed by atoms with E-state index in [1.54, 1.807) is 32.9 Å². The number of hydrogen-bond donors (Lipinski definition) is 1. The fraction of sp³-hybridized carbons (Fsp3) is 0.333. The highest BCUT2D eigenvalue weighted by molar-refractivity contribution is 5.86. The Morgan fingerprint density at radius 3 is 2.59 bits per heavy atom. The smallest absolute Gasteiger partial charge is 0.418 e. The maximum absolute atomic E-state index is 11.7. The minimum absolute atomic E-state index is 0.460. The molecule has 0 saturated carbocycles. The van der Waals surface area contributed by atoms with E-state index in [0.29, 0.717) is 5.69 Å².